The van der Waals surface area contributed by atoms with Gasteiger partial charge >= 0.3 is 0 Å². The number of rotatable bonds is 2. The van der Waals surface area contributed by atoms with Crippen LogP contribution in [0.25, 0.3) is 0 Å². The van der Waals surface area contributed by atoms with Crippen LogP contribution in [0.3, 0.4) is 0 Å². The van der Waals surface area contributed by atoms with Gasteiger partial charge in [0.2, 0.25) is 0 Å². The van der Waals surface area contributed by atoms with Crippen LogP contribution >= 0.6 is 0 Å². The van der Waals surface area contributed by atoms with Gasteiger partial charge in [-0.25, -0.2) is 0 Å². The smallest absolute Gasteiger partial charge is 0.119 e. The molecule has 0 N–H and O–H groups in total. The normalized spacial score (nSPS) is 10.8. The van der Waals surface area contributed by atoms with E-state index in [0.29, 0.717) is 0 Å². The SMILES string of the molecule is C/C=C/Cn1cnnc1. The van der Waals surface area contributed by atoms with Crippen molar-refractivity contribution in [1.29, 1.82) is 0 Å². The molecule has 0 bridgehead atoms. The summed E-state index contributed by atoms with van der Waals surface area (Å²) >= 11 is 0. The maximum atomic E-state index is 3.65. The summed E-state index contributed by atoms with van der Waals surface area (Å²) in [7, 11) is 0. The first-order valence-corrected chi connectivity index (χ1v) is 2.87. The van der Waals surface area contributed by atoms with Crippen LogP contribution in [0.5, 0.6) is 0 Å². The number of hydrogen-bond donors (Lipinski definition) is 0. The largest absolute Gasteiger partial charge is 0.316 e. The molecule has 1 heterocycles. The summed E-state index contributed by atoms with van der Waals surface area (Å²) in [6.45, 7) is 2.86. The molecule has 0 saturated heterocycles. The van der Waals surface area contributed by atoms with Gasteiger partial charge in [-0.1, -0.05) is 12.2 Å². The van der Waals surface area contributed by atoms with Crippen molar-refractivity contribution in [3.8, 4) is 0 Å². The molecule has 48 valence electrons. The summed E-state index contributed by atoms with van der Waals surface area (Å²) in [5, 5.41) is 7.31. The minimum Gasteiger partial charge on any atom is -0.316 e. The van der Waals surface area contributed by atoms with Gasteiger partial charge in [-0.15, -0.1) is 10.2 Å². The van der Waals surface area contributed by atoms with E-state index < -0.39 is 0 Å². The van der Waals surface area contributed by atoms with Crippen molar-refractivity contribution in [1.82, 2.24) is 14.8 Å². The molecule has 3 heteroatoms. The summed E-state index contributed by atoms with van der Waals surface area (Å²) in [5.74, 6) is 0. The van der Waals surface area contributed by atoms with Crippen LogP contribution in [0.2, 0.25) is 0 Å². The lowest BCUT2D eigenvalue weighted by atomic mass is 10.5. The van der Waals surface area contributed by atoms with Gasteiger partial charge in [-0.2, -0.15) is 0 Å². The highest BCUT2D eigenvalue weighted by Gasteiger charge is 1.81. The Balaban J connectivity index is 2.48. The molecule has 9 heavy (non-hydrogen) atoms. The van der Waals surface area contributed by atoms with Gasteiger partial charge in [0.15, 0.2) is 0 Å². The standard InChI is InChI=1S/C6H9N3/c1-2-3-4-9-5-7-8-6-9/h2-3,5-6H,4H2,1H3/b3-2+. The van der Waals surface area contributed by atoms with E-state index in [4.69, 9.17) is 0 Å². The minimum absolute atomic E-state index is 0.865. The molecule has 0 radical (unpaired) electrons. The second kappa shape index (κ2) is 3.02. The summed E-state index contributed by atoms with van der Waals surface area (Å²) in [6, 6.07) is 0. The highest BCUT2D eigenvalue weighted by Crippen LogP contribution is 1.82. The second-order valence-corrected chi connectivity index (χ2v) is 1.73. The Morgan fingerprint density at radius 3 is 2.67 bits per heavy atom. The minimum atomic E-state index is 0.865. The quantitative estimate of drug-likeness (QED) is 0.546. The average Bonchev–Trinajstić information content (AvgIpc) is 2.34. The zero-order valence-corrected chi connectivity index (χ0v) is 5.36. The molecule has 1 aromatic heterocycles. The van der Waals surface area contributed by atoms with E-state index in [0.717, 1.165) is 6.54 Å². The Labute approximate surface area is 54.0 Å². The molecule has 0 aliphatic carbocycles. The fourth-order valence-electron chi connectivity index (χ4n) is 0.544. The van der Waals surface area contributed by atoms with Gasteiger partial charge < -0.3 is 4.57 Å². The van der Waals surface area contributed by atoms with Gasteiger partial charge in [0.05, 0.1) is 0 Å². The molecule has 0 aromatic carbocycles. The molecular formula is C6H9N3. The average molecular weight is 123 g/mol. The first kappa shape index (κ1) is 6.01. The molecule has 0 spiro atoms. The van der Waals surface area contributed by atoms with Gasteiger partial charge in [0, 0.05) is 6.54 Å². The van der Waals surface area contributed by atoms with Crippen LogP contribution in [0, 0.1) is 0 Å². The highest BCUT2D eigenvalue weighted by atomic mass is 15.2. The third kappa shape index (κ3) is 1.68. The molecule has 3 nitrogen and oxygen atoms in total. The Morgan fingerprint density at radius 1 is 1.44 bits per heavy atom. The highest BCUT2D eigenvalue weighted by molar-refractivity contribution is 4.78. The van der Waals surface area contributed by atoms with Gasteiger partial charge in [-0.05, 0) is 6.92 Å². The van der Waals surface area contributed by atoms with Crippen LogP contribution < -0.4 is 0 Å². The van der Waals surface area contributed by atoms with Gasteiger partial charge in [0.25, 0.3) is 0 Å². The van der Waals surface area contributed by atoms with Crippen molar-refractivity contribution in [3.05, 3.63) is 24.8 Å². The topological polar surface area (TPSA) is 30.7 Å². The van der Waals surface area contributed by atoms with E-state index in [9.17, 15) is 0 Å². The fourth-order valence-corrected chi connectivity index (χ4v) is 0.544. The molecule has 0 amide bonds. The predicted molar refractivity (Wildman–Crippen MR) is 34.8 cm³/mol. The molecule has 0 unspecified atom stereocenters. The first-order chi connectivity index (χ1) is 4.43. The van der Waals surface area contributed by atoms with E-state index in [1.165, 1.54) is 0 Å². The molecule has 0 saturated carbocycles. The summed E-state index contributed by atoms with van der Waals surface area (Å²) in [6.07, 6.45) is 7.43. The molecule has 0 fully saturated rings. The Kier molecular flexibility index (Phi) is 2.01. The van der Waals surface area contributed by atoms with Crippen molar-refractivity contribution >= 4 is 0 Å². The van der Waals surface area contributed by atoms with Crippen molar-refractivity contribution in [2.24, 2.45) is 0 Å². The molecule has 1 aromatic rings. The van der Waals surface area contributed by atoms with Crippen LogP contribution in [0.4, 0.5) is 0 Å². The van der Waals surface area contributed by atoms with E-state index in [1.54, 1.807) is 12.7 Å². The van der Waals surface area contributed by atoms with E-state index >= 15 is 0 Å². The van der Waals surface area contributed by atoms with Crippen molar-refractivity contribution in [2.45, 2.75) is 13.5 Å². The third-order valence-electron chi connectivity index (χ3n) is 1.02. The Morgan fingerprint density at radius 2 is 2.11 bits per heavy atom. The van der Waals surface area contributed by atoms with Crippen LogP contribution in [-0.2, 0) is 6.54 Å². The zero-order valence-electron chi connectivity index (χ0n) is 5.36. The fraction of sp³-hybridized carbons (Fsp3) is 0.333. The monoisotopic (exact) mass is 123 g/mol. The number of hydrogen-bond acceptors (Lipinski definition) is 2. The lowest BCUT2D eigenvalue weighted by Crippen LogP contribution is -1.88. The maximum absolute atomic E-state index is 3.65. The van der Waals surface area contributed by atoms with E-state index in [2.05, 4.69) is 10.2 Å². The lowest BCUT2D eigenvalue weighted by molar-refractivity contribution is 0.816. The summed E-state index contributed by atoms with van der Waals surface area (Å²) in [4.78, 5) is 0. The molecular weight excluding hydrogens is 114 g/mol. The molecule has 1 rings (SSSR count). The maximum Gasteiger partial charge on any atom is 0.119 e. The lowest BCUT2D eigenvalue weighted by Gasteiger charge is -1.89. The summed E-state index contributed by atoms with van der Waals surface area (Å²) < 4.78 is 1.90. The van der Waals surface area contributed by atoms with Crippen LogP contribution in [-0.4, -0.2) is 14.8 Å². The van der Waals surface area contributed by atoms with Crippen molar-refractivity contribution < 1.29 is 0 Å². The molecule has 0 aliphatic heterocycles. The number of aromatic nitrogens is 3. The first-order valence-electron chi connectivity index (χ1n) is 2.87. The Hall–Kier alpha value is -1.12. The van der Waals surface area contributed by atoms with E-state index in [1.807, 2.05) is 23.6 Å². The van der Waals surface area contributed by atoms with Crippen LogP contribution in [0.15, 0.2) is 24.8 Å². The van der Waals surface area contributed by atoms with Crippen molar-refractivity contribution in [2.75, 3.05) is 0 Å². The molecule has 0 atom stereocenters. The second-order valence-electron chi connectivity index (χ2n) is 1.73. The third-order valence-corrected chi connectivity index (χ3v) is 1.02. The number of allylic oxidation sites excluding steroid dienone is 2. The zero-order chi connectivity index (χ0) is 6.53. The van der Waals surface area contributed by atoms with E-state index in [-0.39, 0.29) is 0 Å². The van der Waals surface area contributed by atoms with Gasteiger partial charge in [-0.3, -0.25) is 0 Å². The van der Waals surface area contributed by atoms with Crippen molar-refractivity contribution in [3.63, 3.8) is 0 Å². The van der Waals surface area contributed by atoms with Crippen LogP contribution in [0.1, 0.15) is 6.92 Å². The summed E-state index contributed by atoms with van der Waals surface area (Å²) in [5.41, 5.74) is 0. The molecule has 0 aliphatic rings. The Bertz CT molecular complexity index is 176. The predicted octanol–water partition coefficient (Wildman–Crippen LogP) is 0.854. The van der Waals surface area contributed by atoms with Gasteiger partial charge in [0.1, 0.15) is 12.7 Å². The number of nitrogens with zero attached hydrogens (tertiary/aromatic N) is 3.